The maximum Gasteiger partial charge on any atom is 0.193 e. The summed E-state index contributed by atoms with van der Waals surface area (Å²) in [6.45, 7) is 2.93. The molecule has 1 aliphatic heterocycles. The third kappa shape index (κ3) is 4.48. The van der Waals surface area contributed by atoms with Crippen molar-refractivity contribution in [3.63, 3.8) is 0 Å². The van der Waals surface area contributed by atoms with Crippen LogP contribution in [-0.2, 0) is 13.0 Å². The summed E-state index contributed by atoms with van der Waals surface area (Å²) in [5, 5.41) is 5.52. The molecular formula is C17H22N4S2. The lowest BCUT2D eigenvalue weighted by Crippen LogP contribution is -2.44. The number of fused-ring (bicyclic) bond motifs is 1. The van der Waals surface area contributed by atoms with Gasteiger partial charge in [0.1, 0.15) is 4.34 Å². The lowest BCUT2D eigenvalue weighted by Gasteiger charge is -2.31. The van der Waals surface area contributed by atoms with Crippen LogP contribution in [0.15, 0.2) is 45.2 Å². The van der Waals surface area contributed by atoms with E-state index in [4.69, 9.17) is 0 Å². The summed E-state index contributed by atoms with van der Waals surface area (Å²) in [4.78, 5) is 11.1. The van der Waals surface area contributed by atoms with E-state index in [1.165, 1.54) is 11.1 Å². The highest BCUT2D eigenvalue weighted by molar-refractivity contribution is 8.00. The molecule has 1 aliphatic rings. The SMILES string of the molecule is CN=C(NCCCSc1nccs1)N1CCc2ccccc2C1. The van der Waals surface area contributed by atoms with Crippen LogP contribution in [0, 0.1) is 0 Å². The fraction of sp³-hybridized carbons (Fsp3) is 0.412. The molecule has 0 aliphatic carbocycles. The van der Waals surface area contributed by atoms with E-state index in [9.17, 15) is 0 Å². The second-order valence-corrected chi connectivity index (χ2v) is 7.65. The Bertz CT molecular complexity index is 640. The first-order valence-corrected chi connectivity index (χ1v) is 9.78. The van der Waals surface area contributed by atoms with Gasteiger partial charge in [-0.05, 0) is 24.0 Å². The smallest absolute Gasteiger partial charge is 0.193 e. The first kappa shape index (κ1) is 16.3. The quantitative estimate of drug-likeness (QED) is 0.390. The number of guanidine groups is 1. The average molecular weight is 347 g/mol. The van der Waals surface area contributed by atoms with E-state index in [0.717, 1.165) is 48.5 Å². The predicted molar refractivity (Wildman–Crippen MR) is 99.4 cm³/mol. The minimum Gasteiger partial charge on any atom is -0.356 e. The van der Waals surface area contributed by atoms with E-state index in [0.29, 0.717) is 0 Å². The van der Waals surface area contributed by atoms with Crippen molar-refractivity contribution in [2.24, 2.45) is 4.99 Å². The maximum absolute atomic E-state index is 4.45. The van der Waals surface area contributed by atoms with E-state index < -0.39 is 0 Å². The summed E-state index contributed by atoms with van der Waals surface area (Å²) in [6, 6.07) is 8.70. The Hall–Kier alpha value is -1.53. The molecule has 4 nitrogen and oxygen atoms in total. The molecule has 3 rings (SSSR count). The number of rotatable bonds is 5. The number of aromatic nitrogens is 1. The van der Waals surface area contributed by atoms with Gasteiger partial charge in [-0.1, -0.05) is 36.0 Å². The average Bonchev–Trinajstić information content (AvgIpc) is 3.11. The summed E-state index contributed by atoms with van der Waals surface area (Å²) >= 11 is 3.53. The summed E-state index contributed by atoms with van der Waals surface area (Å²) < 4.78 is 1.15. The fourth-order valence-electron chi connectivity index (χ4n) is 2.72. The van der Waals surface area contributed by atoms with Gasteiger partial charge in [-0.25, -0.2) is 4.98 Å². The fourth-order valence-corrected chi connectivity index (χ4v) is 4.37. The first-order chi connectivity index (χ1) is 11.4. The maximum atomic E-state index is 4.45. The van der Waals surface area contributed by atoms with Gasteiger partial charge in [-0.3, -0.25) is 4.99 Å². The van der Waals surface area contributed by atoms with Crippen LogP contribution in [0.2, 0.25) is 0 Å². The third-order valence-corrected chi connectivity index (χ3v) is 5.93. The van der Waals surface area contributed by atoms with Crippen molar-refractivity contribution in [3.05, 3.63) is 47.0 Å². The zero-order valence-corrected chi connectivity index (χ0v) is 15.0. The molecule has 0 atom stereocenters. The number of thioether (sulfide) groups is 1. The number of nitrogens with zero attached hydrogens (tertiary/aromatic N) is 3. The molecule has 1 N–H and O–H groups in total. The molecule has 0 spiro atoms. The lowest BCUT2D eigenvalue weighted by atomic mass is 10.0. The van der Waals surface area contributed by atoms with Gasteiger partial charge in [0.2, 0.25) is 0 Å². The van der Waals surface area contributed by atoms with Crippen molar-refractivity contribution < 1.29 is 0 Å². The Labute approximate surface area is 146 Å². The largest absolute Gasteiger partial charge is 0.356 e. The molecule has 0 radical (unpaired) electrons. The standard InChI is InChI=1S/C17H22N4S2/c1-18-16(19-8-4-11-22-17-20-9-12-23-17)21-10-7-14-5-2-3-6-15(14)13-21/h2-3,5-6,9,12H,4,7-8,10-11,13H2,1H3,(H,18,19). The number of aliphatic imine (C=N–C) groups is 1. The molecule has 1 aromatic heterocycles. The molecule has 122 valence electrons. The topological polar surface area (TPSA) is 40.5 Å². The van der Waals surface area contributed by atoms with Crippen molar-refractivity contribution in [2.45, 2.75) is 23.7 Å². The molecule has 0 fully saturated rings. The zero-order valence-electron chi connectivity index (χ0n) is 13.4. The number of hydrogen-bond acceptors (Lipinski definition) is 4. The minimum absolute atomic E-state index is 0.948. The van der Waals surface area contributed by atoms with Crippen LogP contribution in [0.5, 0.6) is 0 Å². The molecule has 23 heavy (non-hydrogen) atoms. The Morgan fingerprint density at radius 1 is 1.39 bits per heavy atom. The summed E-state index contributed by atoms with van der Waals surface area (Å²) in [5.74, 6) is 2.10. The van der Waals surface area contributed by atoms with Gasteiger partial charge in [-0.15, -0.1) is 11.3 Å². The molecule has 2 heterocycles. The number of thiazole rings is 1. The molecular weight excluding hydrogens is 324 g/mol. The van der Waals surface area contributed by atoms with E-state index in [2.05, 4.69) is 44.5 Å². The second-order valence-electron chi connectivity index (χ2n) is 5.41. The summed E-state index contributed by atoms with van der Waals surface area (Å²) in [5.41, 5.74) is 2.89. The van der Waals surface area contributed by atoms with Crippen molar-refractivity contribution in [1.29, 1.82) is 0 Å². The summed E-state index contributed by atoms with van der Waals surface area (Å²) in [7, 11) is 1.87. The second kappa shape index (κ2) is 8.36. The van der Waals surface area contributed by atoms with E-state index >= 15 is 0 Å². The number of hydrogen-bond donors (Lipinski definition) is 1. The van der Waals surface area contributed by atoms with Crippen LogP contribution in [0.1, 0.15) is 17.5 Å². The van der Waals surface area contributed by atoms with Gasteiger partial charge in [-0.2, -0.15) is 0 Å². The number of nitrogens with one attached hydrogen (secondary N) is 1. The Balaban J connectivity index is 1.43. The van der Waals surface area contributed by atoms with Crippen molar-refractivity contribution in [3.8, 4) is 0 Å². The van der Waals surface area contributed by atoms with Gasteiger partial charge in [0, 0.05) is 44.0 Å². The van der Waals surface area contributed by atoms with Gasteiger partial charge >= 0.3 is 0 Å². The van der Waals surface area contributed by atoms with Crippen LogP contribution in [0.4, 0.5) is 0 Å². The minimum atomic E-state index is 0.948. The Morgan fingerprint density at radius 2 is 2.26 bits per heavy atom. The third-order valence-electron chi connectivity index (χ3n) is 3.88. The van der Waals surface area contributed by atoms with Crippen LogP contribution in [0.25, 0.3) is 0 Å². The molecule has 0 saturated carbocycles. The molecule has 0 amide bonds. The highest BCUT2D eigenvalue weighted by Gasteiger charge is 2.18. The highest BCUT2D eigenvalue weighted by Crippen LogP contribution is 2.21. The molecule has 0 unspecified atom stereocenters. The first-order valence-electron chi connectivity index (χ1n) is 7.91. The van der Waals surface area contributed by atoms with Gasteiger partial charge < -0.3 is 10.2 Å². The van der Waals surface area contributed by atoms with Crippen LogP contribution in [-0.4, -0.2) is 41.7 Å². The molecule has 6 heteroatoms. The normalized spacial score (nSPS) is 14.7. The Morgan fingerprint density at radius 3 is 3.04 bits per heavy atom. The van der Waals surface area contributed by atoms with Crippen LogP contribution < -0.4 is 5.32 Å². The Kier molecular flexibility index (Phi) is 5.93. The highest BCUT2D eigenvalue weighted by atomic mass is 32.2. The lowest BCUT2D eigenvalue weighted by molar-refractivity contribution is 0.379. The van der Waals surface area contributed by atoms with Crippen molar-refractivity contribution in [2.75, 3.05) is 25.9 Å². The monoisotopic (exact) mass is 346 g/mol. The van der Waals surface area contributed by atoms with Crippen molar-refractivity contribution in [1.82, 2.24) is 15.2 Å². The van der Waals surface area contributed by atoms with E-state index in [-0.39, 0.29) is 0 Å². The van der Waals surface area contributed by atoms with Gasteiger partial charge in [0.25, 0.3) is 0 Å². The van der Waals surface area contributed by atoms with Crippen LogP contribution in [0.3, 0.4) is 0 Å². The molecule has 0 bridgehead atoms. The predicted octanol–water partition coefficient (Wildman–Crippen LogP) is 3.26. The van der Waals surface area contributed by atoms with Gasteiger partial charge in [0.15, 0.2) is 5.96 Å². The van der Waals surface area contributed by atoms with Gasteiger partial charge in [0.05, 0.1) is 0 Å². The molecule has 1 aromatic carbocycles. The van der Waals surface area contributed by atoms with E-state index in [1.807, 2.05) is 30.4 Å². The molecule has 0 saturated heterocycles. The van der Waals surface area contributed by atoms with Crippen molar-refractivity contribution >= 4 is 29.1 Å². The summed E-state index contributed by atoms with van der Waals surface area (Å²) in [6.07, 6.45) is 4.06. The zero-order chi connectivity index (χ0) is 15.9. The van der Waals surface area contributed by atoms with E-state index in [1.54, 1.807) is 11.3 Å². The number of benzene rings is 1. The molecule has 2 aromatic rings. The van der Waals surface area contributed by atoms with Crippen LogP contribution >= 0.6 is 23.1 Å².